The molecule has 0 aliphatic carbocycles. The molecule has 0 atom stereocenters. The van der Waals surface area contributed by atoms with Gasteiger partial charge in [-0.2, -0.15) is 0 Å². The molecular formula is C18H19N3O. The van der Waals surface area contributed by atoms with Crippen LogP contribution in [-0.4, -0.2) is 22.1 Å². The zero-order valence-electron chi connectivity index (χ0n) is 13.1. The van der Waals surface area contributed by atoms with Gasteiger partial charge < -0.3 is 4.74 Å². The summed E-state index contributed by atoms with van der Waals surface area (Å²) in [6, 6.07) is 12.0. The zero-order valence-corrected chi connectivity index (χ0v) is 13.1. The minimum atomic E-state index is 0.776. The lowest BCUT2D eigenvalue weighted by molar-refractivity contribution is 0.405. The van der Waals surface area contributed by atoms with Crippen molar-refractivity contribution in [2.24, 2.45) is 0 Å². The summed E-state index contributed by atoms with van der Waals surface area (Å²) in [6.07, 6.45) is 0.776. The zero-order chi connectivity index (χ0) is 15.7. The average Bonchev–Trinajstić information content (AvgIpc) is 2.89. The predicted octanol–water partition coefficient (Wildman–Crippen LogP) is 3.86. The number of hydrogen-bond donors (Lipinski definition) is 0. The Hall–Kier alpha value is -2.62. The van der Waals surface area contributed by atoms with E-state index in [0.717, 1.165) is 45.6 Å². The van der Waals surface area contributed by atoms with E-state index >= 15 is 0 Å². The van der Waals surface area contributed by atoms with Crippen LogP contribution in [0.1, 0.15) is 18.1 Å². The number of hydrogen-bond acceptors (Lipinski definition) is 3. The van der Waals surface area contributed by atoms with Gasteiger partial charge in [0.2, 0.25) is 0 Å². The van der Waals surface area contributed by atoms with E-state index in [1.807, 2.05) is 37.3 Å². The van der Waals surface area contributed by atoms with Crippen LogP contribution in [-0.2, 0) is 6.42 Å². The van der Waals surface area contributed by atoms with Crippen molar-refractivity contribution in [1.29, 1.82) is 0 Å². The van der Waals surface area contributed by atoms with Gasteiger partial charge in [0.05, 0.1) is 7.11 Å². The van der Waals surface area contributed by atoms with Crippen molar-refractivity contribution in [2.45, 2.75) is 20.3 Å². The van der Waals surface area contributed by atoms with Gasteiger partial charge in [-0.25, -0.2) is 0 Å². The van der Waals surface area contributed by atoms with Crippen molar-refractivity contribution < 1.29 is 4.74 Å². The van der Waals surface area contributed by atoms with Gasteiger partial charge in [-0.3, -0.25) is 0 Å². The second-order valence-corrected chi connectivity index (χ2v) is 5.59. The molecule has 0 saturated carbocycles. The van der Waals surface area contributed by atoms with Crippen LogP contribution >= 0.6 is 0 Å². The summed E-state index contributed by atoms with van der Waals surface area (Å²) in [4.78, 5) is 1.65. The lowest BCUT2D eigenvalue weighted by Crippen LogP contribution is -2.05. The van der Waals surface area contributed by atoms with Crippen LogP contribution in [0.2, 0.25) is 0 Å². The molecule has 0 spiro atoms. The average molecular weight is 293 g/mol. The highest BCUT2D eigenvalue weighted by molar-refractivity contribution is 5.73. The smallest absolute Gasteiger partial charge is 0.149 e. The van der Waals surface area contributed by atoms with E-state index in [1.54, 1.807) is 11.9 Å². The van der Waals surface area contributed by atoms with Crippen molar-refractivity contribution in [1.82, 2.24) is 15.0 Å². The third kappa shape index (κ3) is 2.60. The van der Waals surface area contributed by atoms with Crippen LogP contribution in [0.25, 0.3) is 16.7 Å². The van der Waals surface area contributed by atoms with Crippen LogP contribution in [0.15, 0.2) is 48.6 Å². The molecule has 0 aliphatic rings. The lowest BCUT2D eigenvalue weighted by Gasteiger charge is -2.14. The summed E-state index contributed by atoms with van der Waals surface area (Å²) in [7, 11) is 1.68. The number of aryl methyl sites for hydroxylation is 1. The Morgan fingerprint density at radius 1 is 1.18 bits per heavy atom. The maximum Gasteiger partial charge on any atom is 0.149 e. The van der Waals surface area contributed by atoms with E-state index in [4.69, 9.17) is 4.74 Å². The molecule has 112 valence electrons. The summed E-state index contributed by atoms with van der Waals surface area (Å²) in [5, 5.41) is 9.11. The largest absolute Gasteiger partial charge is 0.494 e. The molecule has 0 amide bonds. The Morgan fingerprint density at radius 2 is 1.82 bits per heavy atom. The Balaban J connectivity index is 2.20. The molecule has 1 aromatic heterocycles. The number of nitrogens with zero attached hydrogens (tertiary/aromatic N) is 3. The fraction of sp³-hybridized carbons (Fsp3) is 0.222. The number of methoxy groups -OCH3 is 1. The Morgan fingerprint density at radius 3 is 2.36 bits per heavy atom. The molecule has 0 radical (unpaired) electrons. The normalized spacial score (nSPS) is 10.9. The predicted molar refractivity (Wildman–Crippen MR) is 88.7 cm³/mol. The topological polar surface area (TPSA) is 39.9 Å². The molecule has 0 unspecified atom stereocenters. The number of aromatic nitrogens is 3. The molecule has 3 aromatic rings. The van der Waals surface area contributed by atoms with Crippen LogP contribution in [0, 0.1) is 6.92 Å². The van der Waals surface area contributed by atoms with Gasteiger partial charge in [0, 0.05) is 5.56 Å². The van der Waals surface area contributed by atoms with Gasteiger partial charge in [-0.1, -0.05) is 30.4 Å². The molecule has 4 nitrogen and oxygen atoms in total. The molecule has 22 heavy (non-hydrogen) atoms. The van der Waals surface area contributed by atoms with Crippen LogP contribution in [0.5, 0.6) is 5.75 Å². The van der Waals surface area contributed by atoms with Crippen LogP contribution in [0.4, 0.5) is 0 Å². The number of allylic oxidation sites excluding steroid dienone is 1. The van der Waals surface area contributed by atoms with E-state index in [2.05, 4.69) is 29.8 Å². The SMILES string of the molecule is C=C(C)Cc1cc(C)cc(-n2nc3ccccc3n2)c1OC. The van der Waals surface area contributed by atoms with Gasteiger partial charge in [-0.05, 0) is 44.0 Å². The maximum absolute atomic E-state index is 5.64. The second kappa shape index (κ2) is 5.64. The minimum Gasteiger partial charge on any atom is -0.494 e. The highest BCUT2D eigenvalue weighted by Crippen LogP contribution is 2.30. The van der Waals surface area contributed by atoms with Crippen molar-refractivity contribution >= 4 is 11.0 Å². The fourth-order valence-electron chi connectivity index (χ4n) is 2.64. The summed E-state index contributed by atoms with van der Waals surface area (Å²) >= 11 is 0. The number of fused-ring (bicyclic) bond motifs is 1. The Bertz CT molecular complexity index is 816. The molecule has 3 rings (SSSR count). The van der Waals surface area contributed by atoms with E-state index in [-0.39, 0.29) is 0 Å². The molecule has 0 N–H and O–H groups in total. The van der Waals surface area contributed by atoms with E-state index in [1.165, 1.54) is 0 Å². The van der Waals surface area contributed by atoms with Crippen molar-refractivity contribution in [3.8, 4) is 11.4 Å². The third-order valence-electron chi connectivity index (χ3n) is 3.49. The molecule has 2 aromatic carbocycles. The first-order valence-electron chi connectivity index (χ1n) is 7.23. The summed E-state index contributed by atoms with van der Waals surface area (Å²) < 4.78 is 5.64. The molecule has 1 heterocycles. The molecule has 0 fully saturated rings. The standard InChI is InChI=1S/C18H19N3O/c1-12(2)9-14-10-13(3)11-17(18(14)22-4)21-19-15-7-5-6-8-16(15)20-21/h5-8,10-11H,1,9H2,2-4H3. The van der Waals surface area contributed by atoms with E-state index in [0.29, 0.717) is 0 Å². The summed E-state index contributed by atoms with van der Waals surface area (Å²) in [6.45, 7) is 8.08. The van der Waals surface area contributed by atoms with Gasteiger partial charge >= 0.3 is 0 Å². The molecular weight excluding hydrogens is 274 g/mol. The van der Waals surface area contributed by atoms with Gasteiger partial charge in [0.1, 0.15) is 22.5 Å². The number of rotatable bonds is 4. The first-order valence-corrected chi connectivity index (χ1v) is 7.23. The summed E-state index contributed by atoms with van der Waals surface area (Å²) in [5.74, 6) is 0.800. The molecule has 0 aliphatic heterocycles. The van der Waals surface area contributed by atoms with Crippen molar-refractivity contribution in [3.63, 3.8) is 0 Å². The molecule has 4 heteroatoms. The quantitative estimate of drug-likeness (QED) is 0.686. The van der Waals surface area contributed by atoms with E-state index in [9.17, 15) is 0 Å². The molecule has 0 bridgehead atoms. The van der Waals surface area contributed by atoms with Crippen LogP contribution in [0.3, 0.4) is 0 Å². The maximum atomic E-state index is 5.64. The van der Waals surface area contributed by atoms with Crippen molar-refractivity contribution in [3.05, 3.63) is 59.7 Å². The van der Waals surface area contributed by atoms with Gasteiger partial charge in [0.25, 0.3) is 0 Å². The molecule has 0 saturated heterocycles. The lowest BCUT2D eigenvalue weighted by atomic mass is 10.0. The fourth-order valence-corrected chi connectivity index (χ4v) is 2.64. The number of ether oxygens (including phenoxy) is 1. The highest BCUT2D eigenvalue weighted by Gasteiger charge is 2.15. The second-order valence-electron chi connectivity index (χ2n) is 5.59. The summed E-state index contributed by atoms with van der Waals surface area (Å²) in [5.41, 5.74) is 5.93. The first-order chi connectivity index (χ1) is 10.6. The van der Waals surface area contributed by atoms with Crippen LogP contribution < -0.4 is 4.74 Å². The Labute approximate surface area is 130 Å². The monoisotopic (exact) mass is 293 g/mol. The van der Waals surface area contributed by atoms with E-state index < -0.39 is 0 Å². The van der Waals surface area contributed by atoms with Gasteiger partial charge in [-0.15, -0.1) is 15.0 Å². The highest BCUT2D eigenvalue weighted by atomic mass is 16.5. The van der Waals surface area contributed by atoms with Crippen molar-refractivity contribution in [2.75, 3.05) is 7.11 Å². The third-order valence-corrected chi connectivity index (χ3v) is 3.49. The first kappa shape index (κ1) is 14.3. The number of benzene rings is 2. The minimum absolute atomic E-state index is 0.776. The Kier molecular flexibility index (Phi) is 3.67. The van der Waals surface area contributed by atoms with Gasteiger partial charge in [0.15, 0.2) is 0 Å².